The average molecular weight is 261 g/mol. The standard InChI is InChI=1S/C11H23N3O2S/c1-9(2)14(8-7-11(12)13)17(15,16)10-5-3-4-6-10/h9-10H,3-8H2,1-2H3,(H3,12,13). The Labute approximate surface area is 104 Å². The van der Waals surface area contributed by atoms with E-state index >= 15 is 0 Å². The van der Waals surface area contributed by atoms with E-state index in [1.807, 2.05) is 13.8 Å². The van der Waals surface area contributed by atoms with Gasteiger partial charge in [-0.1, -0.05) is 12.8 Å². The molecule has 1 fully saturated rings. The molecule has 0 atom stereocenters. The number of hydrogen-bond acceptors (Lipinski definition) is 3. The quantitative estimate of drug-likeness (QED) is 0.558. The van der Waals surface area contributed by atoms with Crippen molar-refractivity contribution >= 4 is 15.9 Å². The maximum absolute atomic E-state index is 12.4. The van der Waals surface area contributed by atoms with Crippen LogP contribution in [0, 0.1) is 5.41 Å². The van der Waals surface area contributed by atoms with Crippen molar-refractivity contribution < 1.29 is 8.42 Å². The highest BCUT2D eigenvalue weighted by Gasteiger charge is 2.35. The largest absolute Gasteiger partial charge is 0.388 e. The lowest BCUT2D eigenvalue weighted by Gasteiger charge is -2.28. The number of nitrogens with zero attached hydrogens (tertiary/aromatic N) is 1. The van der Waals surface area contributed by atoms with Gasteiger partial charge in [0.2, 0.25) is 10.0 Å². The zero-order valence-electron chi connectivity index (χ0n) is 10.6. The van der Waals surface area contributed by atoms with Crippen LogP contribution in [0.1, 0.15) is 46.0 Å². The van der Waals surface area contributed by atoms with E-state index in [0.29, 0.717) is 13.0 Å². The van der Waals surface area contributed by atoms with Crippen molar-refractivity contribution in [3.63, 3.8) is 0 Å². The molecule has 0 saturated heterocycles. The third-order valence-corrected chi connectivity index (χ3v) is 5.80. The van der Waals surface area contributed by atoms with E-state index in [-0.39, 0.29) is 17.1 Å². The summed E-state index contributed by atoms with van der Waals surface area (Å²) < 4.78 is 26.3. The molecule has 1 aliphatic carbocycles. The van der Waals surface area contributed by atoms with Crippen LogP contribution in [0.5, 0.6) is 0 Å². The van der Waals surface area contributed by atoms with Gasteiger partial charge in [-0.3, -0.25) is 5.41 Å². The zero-order valence-corrected chi connectivity index (χ0v) is 11.5. The molecule has 100 valence electrons. The molecule has 1 saturated carbocycles. The number of amidine groups is 1. The number of sulfonamides is 1. The molecule has 0 amide bonds. The monoisotopic (exact) mass is 261 g/mol. The van der Waals surface area contributed by atoms with Gasteiger partial charge >= 0.3 is 0 Å². The van der Waals surface area contributed by atoms with Crippen molar-refractivity contribution in [1.82, 2.24) is 4.31 Å². The molecule has 5 nitrogen and oxygen atoms in total. The lowest BCUT2D eigenvalue weighted by molar-refractivity contribution is 0.356. The SMILES string of the molecule is CC(C)N(CCC(=N)N)S(=O)(=O)C1CCCC1. The Morgan fingerprint density at radius 3 is 2.35 bits per heavy atom. The summed E-state index contributed by atoms with van der Waals surface area (Å²) >= 11 is 0. The fourth-order valence-corrected chi connectivity index (χ4v) is 4.53. The lowest BCUT2D eigenvalue weighted by atomic mass is 10.3. The minimum absolute atomic E-state index is 0.0391. The molecular weight excluding hydrogens is 238 g/mol. The summed E-state index contributed by atoms with van der Waals surface area (Å²) in [6, 6.07) is -0.0695. The molecule has 0 aliphatic heterocycles. The van der Waals surface area contributed by atoms with Gasteiger partial charge in [0.1, 0.15) is 0 Å². The summed E-state index contributed by atoms with van der Waals surface area (Å²) in [5.74, 6) is 0.0391. The molecule has 0 aromatic heterocycles. The predicted molar refractivity (Wildman–Crippen MR) is 69.5 cm³/mol. The van der Waals surface area contributed by atoms with Gasteiger partial charge in [0.05, 0.1) is 11.1 Å². The zero-order chi connectivity index (χ0) is 13.1. The molecule has 0 aromatic rings. The molecule has 0 spiro atoms. The molecule has 0 radical (unpaired) electrons. The van der Waals surface area contributed by atoms with Gasteiger partial charge in [-0.05, 0) is 26.7 Å². The van der Waals surface area contributed by atoms with E-state index in [1.54, 1.807) is 0 Å². The van der Waals surface area contributed by atoms with E-state index < -0.39 is 10.0 Å². The molecular formula is C11H23N3O2S. The van der Waals surface area contributed by atoms with Crippen LogP contribution in [-0.4, -0.2) is 36.4 Å². The topological polar surface area (TPSA) is 87.2 Å². The highest BCUT2D eigenvalue weighted by atomic mass is 32.2. The van der Waals surface area contributed by atoms with E-state index in [2.05, 4.69) is 0 Å². The molecule has 6 heteroatoms. The summed E-state index contributed by atoms with van der Waals surface area (Å²) in [4.78, 5) is 0. The smallest absolute Gasteiger partial charge is 0.217 e. The molecule has 17 heavy (non-hydrogen) atoms. The van der Waals surface area contributed by atoms with Crippen LogP contribution in [0.2, 0.25) is 0 Å². The number of rotatable bonds is 6. The number of nitrogens with two attached hydrogens (primary N) is 1. The molecule has 0 heterocycles. The minimum Gasteiger partial charge on any atom is -0.388 e. The van der Waals surface area contributed by atoms with Crippen LogP contribution in [0.3, 0.4) is 0 Å². The molecule has 0 aromatic carbocycles. The summed E-state index contributed by atoms with van der Waals surface area (Å²) in [6.45, 7) is 4.06. The minimum atomic E-state index is -3.21. The Morgan fingerprint density at radius 1 is 1.41 bits per heavy atom. The first-order valence-electron chi connectivity index (χ1n) is 6.19. The Bertz CT molecular complexity index is 359. The molecule has 0 bridgehead atoms. The summed E-state index contributed by atoms with van der Waals surface area (Å²) in [7, 11) is -3.21. The van der Waals surface area contributed by atoms with Crippen LogP contribution < -0.4 is 5.73 Å². The second-order valence-electron chi connectivity index (χ2n) is 4.93. The maximum atomic E-state index is 12.4. The molecule has 0 unspecified atom stereocenters. The summed E-state index contributed by atoms with van der Waals surface area (Å²) in [5.41, 5.74) is 5.30. The molecule has 3 N–H and O–H groups in total. The van der Waals surface area contributed by atoms with Gasteiger partial charge < -0.3 is 5.73 Å². The normalized spacial score (nSPS) is 18.1. The molecule has 1 rings (SSSR count). The van der Waals surface area contributed by atoms with Crippen molar-refractivity contribution in [1.29, 1.82) is 5.41 Å². The van der Waals surface area contributed by atoms with Gasteiger partial charge in [-0.2, -0.15) is 4.31 Å². The Balaban J connectivity index is 2.77. The van der Waals surface area contributed by atoms with Crippen LogP contribution in [-0.2, 0) is 10.0 Å². The van der Waals surface area contributed by atoms with Crippen LogP contribution in [0.25, 0.3) is 0 Å². The van der Waals surface area contributed by atoms with E-state index in [0.717, 1.165) is 25.7 Å². The van der Waals surface area contributed by atoms with Crippen molar-refractivity contribution in [3.05, 3.63) is 0 Å². The second kappa shape index (κ2) is 5.82. The van der Waals surface area contributed by atoms with Gasteiger partial charge in [0.25, 0.3) is 0 Å². The predicted octanol–water partition coefficient (Wildman–Crippen LogP) is 1.30. The maximum Gasteiger partial charge on any atom is 0.217 e. The highest BCUT2D eigenvalue weighted by Crippen LogP contribution is 2.28. The Kier molecular flexibility index (Phi) is 4.94. The highest BCUT2D eigenvalue weighted by molar-refractivity contribution is 7.89. The van der Waals surface area contributed by atoms with Crippen LogP contribution in [0.15, 0.2) is 0 Å². The van der Waals surface area contributed by atoms with Gasteiger partial charge in [-0.15, -0.1) is 0 Å². The van der Waals surface area contributed by atoms with Crippen molar-refractivity contribution in [2.75, 3.05) is 6.54 Å². The van der Waals surface area contributed by atoms with Crippen molar-refractivity contribution in [3.8, 4) is 0 Å². The van der Waals surface area contributed by atoms with E-state index in [9.17, 15) is 8.42 Å². The Morgan fingerprint density at radius 2 is 1.94 bits per heavy atom. The van der Waals surface area contributed by atoms with Gasteiger partial charge in [0.15, 0.2) is 0 Å². The first kappa shape index (κ1) is 14.4. The number of hydrogen-bond donors (Lipinski definition) is 2. The summed E-state index contributed by atoms with van der Waals surface area (Å²) in [5, 5.41) is 6.97. The third-order valence-electron chi connectivity index (χ3n) is 3.23. The number of nitrogens with one attached hydrogen (secondary N) is 1. The van der Waals surface area contributed by atoms with Gasteiger partial charge in [0, 0.05) is 19.0 Å². The first-order valence-corrected chi connectivity index (χ1v) is 7.69. The Hall–Kier alpha value is -0.620. The van der Waals surface area contributed by atoms with Gasteiger partial charge in [-0.25, -0.2) is 8.42 Å². The fourth-order valence-electron chi connectivity index (χ4n) is 2.29. The fraction of sp³-hybridized carbons (Fsp3) is 0.909. The van der Waals surface area contributed by atoms with Crippen LogP contribution in [0.4, 0.5) is 0 Å². The van der Waals surface area contributed by atoms with Crippen molar-refractivity contribution in [2.45, 2.75) is 57.2 Å². The van der Waals surface area contributed by atoms with Crippen molar-refractivity contribution in [2.24, 2.45) is 5.73 Å². The second-order valence-corrected chi connectivity index (χ2v) is 7.10. The molecule has 1 aliphatic rings. The lowest BCUT2D eigenvalue weighted by Crippen LogP contribution is -2.43. The summed E-state index contributed by atoms with van der Waals surface area (Å²) in [6.07, 6.45) is 3.85. The van der Waals surface area contributed by atoms with Crippen LogP contribution >= 0.6 is 0 Å². The van der Waals surface area contributed by atoms with E-state index in [4.69, 9.17) is 11.1 Å². The average Bonchev–Trinajstić information content (AvgIpc) is 2.69. The van der Waals surface area contributed by atoms with E-state index in [1.165, 1.54) is 4.31 Å². The first-order chi connectivity index (χ1) is 7.85. The third kappa shape index (κ3) is 3.67.